The van der Waals surface area contributed by atoms with Crippen molar-refractivity contribution in [2.24, 2.45) is 0 Å². The van der Waals surface area contributed by atoms with Crippen molar-refractivity contribution in [3.8, 4) is 0 Å². The second kappa shape index (κ2) is 9.61. The zero-order valence-corrected chi connectivity index (χ0v) is 18.7. The fraction of sp³-hybridized carbons (Fsp3) is 0.600. The van der Waals surface area contributed by atoms with Gasteiger partial charge in [0.05, 0.1) is 41.8 Å². The number of hydrogen-bond acceptors (Lipinski definition) is 5. The van der Waals surface area contributed by atoms with Crippen LogP contribution in [-0.2, 0) is 27.3 Å². The minimum absolute atomic E-state index is 0.0237. The Morgan fingerprint density at radius 3 is 2.67 bits per heavy atom. The van der Waals surface area contributed by atoms with Crippen molar-refractivity contribution in [3.63, 3.8) is 0 Å². The summed E-state index contributed by atoms with van der Waals surface area (Å²) in [4.78, 5) is 26.8. The van der Waals surface area contributed by atoms with E-state index in [2.05, 4.69) is 20.6 Å². The topological polar surface area (TPSA) is 105 Å². The summed E-state index contributed by atoms with van der Waals surface area (Å²) in [5.41, 5.74) is 4.67. The van der Waals surface area contributed by atoms with E-state index in [9.17, 15) is 9.59 Å². The fourth-order valence-electron chi connectivity index (χ4n) is 3.65. The SMILES string of the molecule is Cc1nn(CCC(=O)N2CCOC(C(=O)NCCc3c(C)n[nH]c3C)C2)c(C)c1Cl. The number of carbonyl (C=O) groups is 2. The number of nitrogens with zero attached hydrogens (tertiary/aromatic N) is 4. The normalized spacial score (nSPS) is 16.7. The number of morpholine rings is 1. The van der Waals surface area contributed by atoms with Crippen molar-refractivity contribution in [2.75, 3.05) is 26.2 Å². The number of carbonyl (C=O) groups excluding carboxylic acids is 2. The van der Waals surface area contributed by atoms with Gasteiger partial charge in [0.25, 0.3) is 5.91 Å². The number of amides is 2. The van der Waals surface area contributed by atoms with Gasteiger partial charge in [-0.15, -0.1) is 0 Å². The van der Waals surface area contributed by atoms with Gasteiger partial charge in [0.2, 0.25) is 5.91 Å². The van der Waals surface area contributed by atoms with Crippen molar-refractivity contribution in [3.05, 3.63) is 33.4 Å². The molecule has 0 spiro atoms. The van der Waals surface area contributed by atoms with Crippen LogP contribution in [0.5, 0.6) is 0 Å². The molecule has 1 fully saturated rings. The maximum Gasteiger partial charge on any atom is 0.251 e. The Balaban J connectivity index is 1.47. The summed E-state index contributed by atoms with van der Waals surface area (Å²) < 4.78 is 7.35. The highest BCUT2D eigenvalue weighted by Gasteiger charge is 2.29. The first-order chi connectivity index (χ1) is 14.3. The van der Waals surface area contributed by atoms with Gasteiger partial charge in [-0.3, -0.25) is 19.4 Å². The second-order valence-electron chi connectivity index (χ2n) is 7.61. The average Bonchev–Trinajstić information content (AvgIpc) is 3.19. The first kappa shape index (κ1) is 22.3. The molecule has 3 heterocycles. The van der Waals surface area contributed by atoms with Crippen molar-refractivity contribution < 1.29 is 14.3 Å². The summed E-state index contributed by atoms with van der Waals surface area (Å²) in [7, 11) is 0. The lowest BCUT2D eigenvalue weighted by Crippen LogP contribution is -2.52. The Hall–Kier alpha value is -2.39. The van der Waals surface area contributed by atoms with E-state index in [0.717, 1.165) is 28.3 Å². The largest absolute Gasteiger partial charge is 0.365 e. The number of ether oxygens (including phenoxy) is 1. The van der Waals surface area contributed by atoms with E-state index in [1.165, 1.54) is 0 Å². The zero-order valence-electron chi connectivity index (χ0n) is 17.9. The molecule has 0 aliphatic carbocycles. The summed E-state index contributed by atoms with van der Waals surface area (Å²) in [5, 5.41) is 15.0. The van der Waals surface area contributed by atoms with E-state index in [4.69, 9.17) is 16.3 Å². The Labute approximate surface area is 181 Å². The molecule has 30 heavy (non-hydrogen) atoms. The number of rotatable bonds is 7. The van der Waals surface area contributed by atoms with Crippen molar-refractivity contribution in [2.45, 2.75) is 53.2 Å². The molecule has 1 aliphatic rings. The molecule has 2 amide bonds. The molecule has 10 heteroatoms. The minimum Gasteiger partial charge on any atom is -0.365 e. The third-order valence-corrected chi connectivity index (χ3v) is 6.04. The summed E-state index contributed by atoms with van der Waals surface area (Å²) in [5.74, 6) is -0.221. The molecule has 1 unspecified atom stereocenters. The predicted molar refractivity (Wildman–Crippen MR) is 112 cm³/mol. The summed E-state index contributed by atoms with van der Waals surface area (Å²) in [6, 6.07) is 0. The number of aromatic amines is 1. The molecular weight excluding hydrogens is 408 g/mol. The predicted octanol–water partition coefficient (Wildman–Crippen LogP) is 1.47. The van der Waals surface area contributed by atoms with Crippen LogP contribution >= 0.6 is 11.6 Å². The average molecular weight is 437 g/mol. The first-order valence-corrected chi connectivity index (χ1v) is 10.5. The van der Waals surface area contributed by atoms with Gasteiger partial charge in [-0.2, -0.15) is 10.2 Å². The lowest BCUT2D eigenvalue weighted by atomic mass is 10.1. The summed E-state index contributed by atoms with van der Waals surface area (Å²) >= 11 is 6.16. The van der Waals surface area contributed by atoms with Gasteiger partial charge in [-0.1, -0.05) is 11.6 Å². The molecule has 164 valence electrons. The molecule has 9 nitrogen and oxygen atoms in total. The first-order valence-electron chi connectivity index (χ1n) is 10.1. The van der Waals surface area contributed by atoms with Crippen LogP contribution < -0.4 is 5.32 Å². The van der Waals surface area contributed by atoms with Gasteiger partial charge in [-0.05, 0) is 39.7 Å². The van der Waals surface area contributed by atoms with Crippen LogP contribution in [-0.4, -0.2) is 69.0 Å². The van der Waals surface area contributed by atoms with Crippen molar-refractivity contribution in [1.82, 2.24) is 30.2 Å². The Morgan fingerprint density at radius 1 is 1.27 bits per heavy atom. The number of hydrogen-bond donors (Lipinski definition) is 2. The third kappa shape index (κ3) is 5.02. The summed E-state index contributed by atoms with van der Waals surface area (Å²) in [6.07, 6.45) is 0.337. The third-order valence-electron chi connectivity index (χ3n) is 5.50. The van der Waals surface area contributed by atoms with Crippen LogP contribution in [0.2, 0.25) is 5.02 Å². The molecule has 0 aromatic carbocycles. The molecule has 0 bridgehead atoms. The highest BCUT2D eigenvalue weighted by Crippen LogP contribution is 2.19. The minimum atomic E-state index is -0.655. The standard InChI is InChI=1S/C20H29ClN6O3/c1-12-16(13(2)24-23-12)5-7-22-20(29)17-11-26(9-10-30-17)18(28)6-8-27-15(4)19(21)14(3)25-27/h17H,5-11H2,1-4H3,(H,22,29)(H,23,24). The van der Waals surface area contributed by atoms with E-state index >= 15 is 0 Å². The van der Waals surface area contributed by atoms with Crippen LogP contribution in [0.4, 0.5) is 0 Å². The fourth-order valence-corrected chi connectivity index (χ4v) is 3.79. The number of nitrogens with one attached hydrogen (secondary N) is 2. The van der Waals surface area contributed by atoms with Gasteiger partial charge in [0.15, 0.2) is 6.10 Å². The molecule has 2 aromatic heterocycles. The van der Waals surface area contributed by atoms with E-state index in [1.807, 2.05) is 27.7 Å². The molecule has 0 radical (unpaired) electrons. The molecule has 1 atom stereocenters. The maximum atomic E-state index is 12.6. The summed E-state index contributed by atoms with van der Waals surface area (Å²) in [6.45, 7) is 9.65. The Bertz CT molecular complexity index is 903. The van der Waals surface area contributed by atoms with Crippen molar-refractivity contribution >= 4 is 23.4 Å². The van der Waals surface area contributed by atoms with E-state index in [1.54, 1.807) is 9.58 Å². The number of H-pyrrole nitrogens is 1. The quantitative estimate of drug-likeness (QED) is 0.683. The van der Waals surface area contributed by atoms with Gasteiger partial charge in [0, 0.05) is 25.2 Å². The number of aryl methyl sites for hydroxylation is 4. The smallest absolute Gasteiger partial charge is 0.251 e. The van der Waals surface area contributed by atoms with Gasteiger partial charge < -0.3 is 15.0 Å². The van der Waals surface area contributed by atoms with Crippen LogP contribution in [0.3, 0.4) is 0 Å². The molecule has 1 aliphatic heterocycles. The van der Waals surface area contributed by atoms with Crippen LogP contribution in [0.15, 0.2) is 0 Å². The zero-order chi connectivity index (χ0) is 21.8. The highest BCUT2D eigenvalue weighted by atomic mass is 35.5. The molecular formula is C20H29ClN6O3. The van der Waals surface area contributed by atoms with Crippen LogP contribution in [0, 0.1) is 27.7 Å². The lowest BCUT2D eigenvalue weighted by molar-refractivity contribution is -0.147. The van der Waals surface area contributed by atoms with Crippen LogP contribution in [0.25, 0.3) is 0 Å². The molecule has 1 saturated heterocycles. The second-order valence-corrected chi connectivity index (χ2v) is 7.99. The molecule has 3 rings (SSSR count). The number of aromatic nitrogens is 4. The molecule has 2 aromatic rings. The maximum absolute atomic E-state index is 12.6. The van der Waals surface area contributed by atoms with E-state index in [-0.39, 0.29) is 18.4 Å². The van der Waals surface area contributed by atoms with Crippen LogP contribution in [0.1, 0.15) is 34.8 Å². The lowest BCUT2D eigenvalue weighted by Gasteiger charge is -2.32. The monoisotopic (exact) mass is 436 g/mol. The van der Waals surface area contributed by atoms with Gasteiger partial charge >= 0.3 is 0 Å². The molecule has 0 saturated carbocycles. The van der Waals surface area contributed by atoms with E-state index < -0.39 is 6.10 Å². The molecule has 2 N–H and O–H groups in total. The van der Waals surface area contributed by atoms with Gasteiger partial charge in [-0.25, -0.2) is 0 Å². The Kier molecular flexibility index (Phi) is 7.14. The number of halogens is 1. The van der Waals surface area contributed by atoms with Crippen molar-refractivity contribution in [1.29, 1.82) is 0 Å². The van der Waals surface area contributed by atoms with Gasteiger partial charge in [0.1, 0.15) is 0 Å². The van der Waals surface area contributed by atoms with E-state index in [0.29, 0.717) is 44.1 Å². The Morgan fingerprint density at radius 2 is 2.03 bits per heavy atom. The highest BCUT2D eigenvalue weighted by molar-refractivity contribution is 6.31.